The van der Waals surface area contributed by atoms with Gasteiger partial charge in [-0.15, -0.1) is 0 Å². The number of nitrogens with one attached hydrogen (secondary N) is 2. The minimum atomic E-state index is -0.0417. The minimum absolute atomic E-state index is 0.0417. The first-order valence-corrected chi connectivity index (χ1v) is 10.2. The molecule has 2 N–H and O–H groups in total. The first-order chi connectivity index (χ1) is 13.7. The number of thioether (sulfide) groups is 1. The van der Waals surface area contributed by atoms with Gasteiger partial charge >= 0.3 is 0 Å². The van der Waals surface area contributed by atoms with Crippen LogP contribution in [0, 0.1) is 6.92 Å². The van der Waals surface area contributed by atoms with Crippen LogP contribution in [-0.4, -0.2) is 21.6 Å². The molecule has 1 amide bonds. The number of carbonyl (C=O) groups excluding carboxylic acids is 1. The molecule has 0 aliphatic rings. The SMILES string of the molecule is Cc1[nH]c(SCC(=O)Nc2cccc3ccccc23)nc1Cc1ccccc1. The lowest BCUT2D eigenvalue weighted by Crippen LogP contribution is -2.14. The zero-order chi connectivity index (χ0) is 19.3. The van der Waals surface area contributed by atoms with Crippen molar-refractivity contribution in [1.82, 2.24) is 9.97 Å². The van der Waals surface area contributed by atoms with E-state index in [4.69, 9.17) is 0 Å². The van der Waals surface area contributed by atoms with Crippen LogP contribution in [-0.2, 0) is 11.2 Å². The van der Waals surface area contributed by atoms with Gasteiger partial charge in [0.25, 0.3) is 0 Å². The Morgan fingerprint density at radius 1 is 1.00 bits per heavy atom. The van der Waals surface area contributed by atoms with E-state index >= 15 is 0 Å². The number of rotatable bonds is 6. The number of anilines is 1. The second kappa shape index (κ2) is 8.31. The molecule has 0 spiro atoms. The number of benzene rings is 3. The zero-order valence-corrected chi connectivity index (χ0v) is 16.4. The predicted octanol–water partition coefficient (Wildman–Crippen LogP) is 5.19. The van der Waals surface area contributed by atoms with Crippen molar-refractivity contribution in [2.45, 2.75) is 18.5 Å². The van der Waals surface area contributed by atoms with E-state index in [0.717, 1.165) is 39.4 Å². The molecule has 0 aliphatic heterocycles. The Hall–Kier alpha value is -3.05. The molecule has 4 nitrogen and oxygen atoms in total. The summed E-state index contributed by atoms with van der Waals surface area (Å²) in [4.78, 5) is 20.4. The van der Waals surface area contributed by atoms with E-state index in [1.807, 2.05) is 67.6 Å². The third-order valence-electron chi connectivity index (χ3n) is 4.58. The van der Waals surface area contributed by atoms with Gasteiger partial charge in [-0.2, -0.15) is 0 Å². The van der Waals surface area contributed by atoms with Crippen molar-refractivity contribution >= 4 is 34.1 Å². The Balaban J connectivity index is 1.39. The molecule has 4 rings (SSSR count). The molecule has 0 bridgehead atoms. The summed E-state index contributed by atoms with van der Waals surface area (Å²) >= 11 is 1.42. The van der Waals surface area contributed by atoms with Gasteiger partial charge in [-0.05, 0) is 23.9 Å². The fourth-order valence-corrected chi connectivity index (χ4v) is 3.89. The molecule has 3 aromatic carbocycles. The number of aromatic amines is 1. The van der Waals surface area contributed by atoms with Crippen molar-refractivity contribution in [3.63, 3.8) is 0 Å². The highest BCUT2D eigenvalue weighted by molar-refractivity contribution is 7.99. The molecule has 0 aliphatic carbocycles. The van der Waals surface area contributed by atoms with Gasteiger partial charge in [0.2, 0.25) is 5.91 Å². The standard InChI is InChI=1S/C23H21N3OS/c1-16-21(14-17-8-3-2-4-9-17)26-23(24-16)28-15-22(27)25-20-13-7-11-18-10-5-6-12-19(18)20/h2-13H,14-15H2,1H3,(H,24,26)(H,25,27). The van der Waals surface area contributed by atoms with Crippen molar-refractivity contribution in [3.8, 4) is 0 Å². The summed E-state index contributed by atoms with van der Waals surface area (Å²) in [5, 5.41) is 5.94. The molecule has 0 saturated heterocycles. The number of fused-ring (bicyclic) bond motifs is 1. The van der Waals surface area contributed by atoms with E-state index in [-0.39, 0.29) is 5.91 Å². The molecule has 1 heterocycles. The zero-order valence-electron chi connectivity index (χ0n) is 15.6. The van der Waals surface area contributed by atoms with Gasteiger partial charge in [-0.3, -0.25) is 4.79 Å². The van der Waals surface area contributed by atoms with Gasteiger partial charge in [0.15, 0.2) is 5.16 Å². The highest BCUT2D eigenvalue weighted by atomic mass is 32.2. The summed E-state index contributed by atoms with van der Waals surface area (Å²) < 4.78 is 0. The molecule has 28 heavy (non-hydrogen) atoms. The Morgan fingerprint density at radius 3 is 2.61 bits per heavy atom. The van der Waals surface area contributed by atoms with Gasteiger partial charge in [-0.25, -0.2) is 4.98 Å². The van der Waals surface area contributed by atoms with Crippen LogP contribution in [0.4, 0.5) is 5.69 Å². The van der Waals surface area contributed by atoms with Crippen LogP contribution in [0.2, 0.25) is 0 Å². The fourth-order valence-electron chi connectivity index (χ4n) is 3.15. The van der Waals surface area contributed by atoms with E-state index < -0.39 is 0 Å². The number of hydrogen-bond donors (Lipinski definition) is 2. The first kappa shape index (κ1) is 18.3. The lowest BCUT2D eigenvalue weighted by atomic mass is 10.1. The predicted molar refractivity (Wildman–Crippen MR) is 116 cm³/mol. The summed E-state index contributed by atoms with van der Waals surface area (Å²) in [5.41, 5.74) is 4.12. The highest BCUT2D eigenvalue weighted by Gasteiger charge is 2.11. The number of nitrogens with zero attached hydrogens (tertiary/aromatic N) is 1. The summed E-state index contributed by atoms with van der Waals surface area (Å²) in [6.07, 6.45) is 0.784. The van der Waals surface area contributed by atoms with Crippen LogP contribution in [0.15, 0.2) is 78.0 Å². The van der Waals surface area contributed by atoms with Crippen LogP contribution in [0.25, 0.3) is 10.8 Å². The number of H-pyrrole nitrogens is 1. The average Bonchev–Trinajstić information content (AvgIpc) is 3.07. The third kappa shape index (κ3) is 4.26. The number of carbonyl (C=O) groups is 1. The maximum atomic E-state index is 12.4. The molecule has 0 fully saturated rings. The van der Waals surface area contributed by atoms with E-state index in [2.05, 4.69) is 27.4 Å². The van der Waals surface area contributed by atoms with Crippen LogP contribution in [0.3, 0.4) is 0 Å². The van der Waals surface area contributed by atoms with Gasteiger partial charge < -0.3 is 10.3 Å². The summed E-state index contributed by atoms with van der Waals surface area (Å²) in [7, 11) is 0. The van der Waals surface area contributed by atoms with Crippen LogP contribution < -0.4 is 5.32 Å². The van der Waals surface area contributed by atoms with Crippen molar-refractivity contribution in [2.75, 3.05) is 11.1 Å². The van der Waals surface area contributed by atoms with Crippen molar-refractivity contribution in [1.29, 1.82) is 0 Å². The summed E-state index contributed by atoms with van der Waals surface area (Å²) in [5.74, 6) is 0.265. The molecule has 140 valence electrons. The molecule has 0 radical (unpaired) electrons. The lowest BCUT2D eigenvalue weighted by Gasteiger charge is -2.08. The normalized spacial score (nSPS) is 10.9. The monoisotopic (exact) mass is 387 g/mol. The minimum Gasteiger partial charge on any atom is -0.337 e. The second-order valence-electron chi connectivity index (χ2n) is 6.64. The molecule has 5 heteroatoms. The Morgan fingerprint density at radius 2 is 1.75 bits per heavy atom. The molecule has 0 unspecified atom stereocenters. The maximum absolute atomic E-state index is 12.4. The molecular formula is C23H21N3OS. The van der Waals surface area contributed by atoms with E-state index in [0.29, 0.717) is 5.75 Å². The van der Waals surface area contributed by atoms with Crippen LogP contribution in [0.1, 0.15) is 17.0 Å². The first-order valence-electron chi connectivity index (χ1n) is 9.19. The Kier molecular flexibility index (Phi) is 5.44. The number of hydrogen-bond acceptors (Lipinski definition) is 3. The molecule has 4 aromatic rings. The smallest absolute Gasteiger partial charge is 0.234 e. The van der Waals surface area contributed by atoms with Crippen LogP contribution >= 0.6 is 11.8 Å². The largest absolute Gasteiger partial charge is 0.337 e. The van der Waals surface area contributed by atoms with Crippen molar-refractivity contribution in [2.24, 2.45) is 0 Å². The van der Waals surface area contributed by atoms with E-state index in [1.165, 1.54) is 17.3 Å². The number of aromatic nitrogens is 2. The van der Waals surface area contributed by atoms with E-state index in [1.54, 1.807) is 0 Å². The summed E-state index contributed by atoms with van der Waals surface area (Å²) in [6, 6.07) is 24.2. The van der Waals surface area contributed by atoms with E-state index in [9.17, 15) is 4.79 Å². The number of amides is 1. The van der Waals surface area contributed by atoms with Gasteiger partial charge in [0.05, 0.1) is 11.4 Å². The topological polar surface area (TPSA) is 57.8 Å². The highest BCUT2D eigenvalue weighted by Crippen LogP contribution is 2.24. The fraction of sp³-hybridized carbons (Fsp3) is 0.130. The van der Waals surface area contributed by atoms with Crippen molar-refractivity contribution in [3.05, 3.63) is 89.7 Å². The second-order valence-corrected chi connectivity index (χ2v) is 7.60. The third-order valence-corrected chi connectivity index (χ3v) is 5.46. The molecule has 0 saturated carbocycles. The Labute approximate surface area is 168 Å². The lowest BCUT2D eigenvalue weighted by molar-refractivity contribution is -0.113. The molecule has 0 atom stereocenters. The number of aryl methyl sites for hydroxylation is 1. The van der Waals surface area contributed by atoms with Crippen molar-refractivity contribution < 1.29 is 4.79 Å². The molecular weight excluding hydrogens is 366 g/mol. The molecule has 1 aromatic heterocycles. The average molecular weight is 388 g/mol. The van der Waals surface area contributed by atoms with Gasteiger partial charge in [0.1, 0.15) is 0 Å². The number of imidazole rings is 1. The summed E-state index contributed by atoms with van der Waals surface area (Å²) in [6.45, 7) is 2.02. The maximum Gasteiger partial charge on any atom is 0.234 e. The van der Waals surface area contributed by atoms with Gasteiger partial charge in [0, 0.05) is 23.2 Å². The van der Waals surface area contributed by atoms with Gasteiger partial charge in [-0.1, -0.05) is 78.5 Å². The Bertz CT molecular complexity index is 1100. The quantitative estimate of drug-likeness (QED) is 0.448. The van der Waals surface area contributed by atoms with Crippen LogP contribution in [0.5, 0.6) is 0 Å².